The molecule has 3 N–H and O–H groups in total. The van der Waals surface area contributed by atoms with E-state index in [2.05, 4.69) is 31.9 Å². The van der Waals surface area contributed by atoms with Crippen molar-refractivity contribution in [3.8, 4) is 0 Å². The minimum atomic E-state index is -0.692. The predicted molar refractivity (Wildman–Crippen MR) is 104 cm³/mol. The third-order valence-corrected chi connectivity index (χ3v) is 3.46. The number of hydrogen-bond acceptors (Lipinski definition) is 5. The van der Waals surface area contributed by atoms with Gasteiger partial charge in [0.15, 0.2) is 10.4 Å². The Morgan fingerprint density at radius 3 is 2.22 bits per heavy atom. The summed E-state index contributed by atoms with van der Waals surface area (Å²) in [5.74, 6) is -0.813. The molecule has 9 heteroatoms. The second kappa shape index (κ2) is 8.72. The van der Waals surface area contributed by atoms with Crippen molar-refractivity contribution in [2.75, 3.05) is 17.2 Å². The molecule has 0 atom stereocenters. The van der Waals surface area contributed by atoms with Gasteiger partial charge in [-0.3, -0.25) is 9.59 Å². The molecule has 144 valence electrons. The van der Waals surface area contributed by atoms with Crippen LogP contribution in [-0.4, -0.2) is 30.1 Å². The van der Waals surface area contributed by atoms with Crippen LogP contribution < -0.4 is 16.0 Å². The summed E-state index contributed by atoms with van der Waals surface area (Å²) in [5, 5.41) is 7.66. The van der Waals surface area contributed by atoms with Crippen LogP contribution in [0.5, 0.6) is 0 Å². The van der Waals surface area contributed by atoms with Crippen LogP contribution in [0.1, 0.15) is 31.3 Å². The number of rotatable bonds is 5. The molecule has 0 saturated carbocycles. The fraction of sp³-hybridized carbons (Fsp3) is 0.278. The van der Waals surface area contributed by atoms with E-state index >= 15 is 0 Å². The topological polar surface area (TPSA) is 110 Å². The Kier molecular flexibility index (Phi) is 6.62. The number of benzene rings is 1. The second-order valence-corrected chi connectivity index (χ2v) is 7.29. The summed E-state index contributed by atoms with van der Waals surface area (Å²) in [6.45, 7) is 4.90. The fourth-order valence-corrected chi connectivity index (χ4v) is 2.29. The number of halogens is 1. The molecular formula is C18H20BrN3O5. The molecule has 0 saturated heterocycles. The van der Waals surface area contributed by atoms with Crippen molar-refractivity contribution in [1.29, 1.82) is 0 Å². The predicted octanol–water partition coefficient (Wildman–Crippen LogP) is 3.76. The number of ether oxygens (including phenoxy) is 1. The maximum absolute atomic E-state index is 12.2. The molecule has 0 unspecified atom stereocenters. The standard InChI is InChI=1S/C18H20BrN3O5/c1-18(2,3)27-17(25)20-10-15(23)21-11-6-4-5-7-12(11)22-16(24)13-8-9-14(19)26-13/h4-9H,10H2,1-3H3,(H,20,25)(H,21,23)(H,22,24). The largest absolute Gasteiger partial charge is 0.444 e. The third-order valence-electron chi connectivity index (χ3n) is 3.04. The Labute approximate surface area is 164 Å². The molecule has 27 heavy (non-hydrogen) atoms. The zero-order chi connectivity index (χ0) is 20.0. The monoisotopic (exact) mass is 437 g/mol. The quantitative estimate of drug-likeness (QED) is 0.659. The maximum atomic E-state index is 12.2. The number of carbonyl (C=O) groups excluding carboxylic acids is 3. The van der Waals surface area contributed by atoms with Crippen molar-refractivity contribution >= 4 is 45.2 Å². The van der Waals surface area contributed by atoms with Gasteiger partial charge in [0.1, 0.15) is 12.1 Å². The summed E-state index contributed by atoms with van der Waals surface area (Å²) >= 11 is 3.13. The molecule has 3 amide bonds. The molecular weight excluding hydrogens is 418 g/mol. The van der Waals surface area contributed by atoms with Crippen LogP contribution in [0.4, 0.5) is 16.2 Å². The lowest BCUT2D eigenvalue weighted by Crippen LogP contribution is -2.37. The Morgan fingerprint density at radius 2 is 1.67 bits per heavy atom. The minimum absolute atomic E-state index is 0.120. The van der Waals surface area contributed by atoms with E-state index in [0.29, 0.717) is 16.0 Å². The molecule has 8 nitrogen and oxygen atoms in total. The lowest BCUT2D eigenvalue weighted by molar-refractivity contribution is -0.115. The number of anilines is 2. The van der Waals surface area contributed by atoms with E-state index in [1.807, 2.05) is 0 Å². The summed E-state index contributed by atoms with van der Waals surface area (Å²) in [4.78, 5) is 35.9. The molecule has 1 heterocycles. The average Bonchev–Trinajstić information content (AvgIpc) is 3.00. The summed E-state index contributed by atoms with van der Waals surface area (Å²) in [7, 11) is 0. The number of para-hydroxylation sites is 2. The van der Waals surface area contributed by atoms with Crippen LogP contribution in [0.3, 0.4) is 0 Å². The number of hydrogen-bond donors (Lipinski definition) is 3. The first-order chi connectivity index (χ1) is 12.6. The number of carbonyl (C=O) groups is 3. The van der Waals surface area contributed by atoms with E-state index in [-0.39, 0.29) is 12.3 Å². The Hall–Kier alpha value is -2.81. The van der Waals surface area contributed by atoms with Crippen LogP contribution in [0.2, 0.25) is 0 Å². The summed E-state index contributed by atoms with van der Waals surface area (Å²) in [6.07, 6.45) is -0.692. The SMILES string of the molecule is CC(C)(C)OC(=O)NCC(=O)Nc1ccccc1NC(=O)c1ccc(Br)o1. The number of alkyl carbamates (subject to hydrolysis) is 1. The normalized spacial score (nSPS) is 10.8. The number of amides is 3. The molecule has 0 fully saturated rings. The average molecular weight is 438 g/mol. The van der Waals surface area contributed by atoms with Crippen LogP contribution in [0.15, 0.2) is 45.5 Å². The third kappa shape index (κ3) is 6.78. The minimum Gasteiger partial charge on any atom is -0.444 e. The summed E-state index contributed by atoms with van der Waals surface area (Å²) in [5.41, 5.74) is 0.117. The molecule has 1 aromatic carbocycles. The molecule has 0 aliphatic rings. The maximum Gasteiger partial charge on any atom is 0.408 e. The van der Waals surface area contributed by atoms with Crippen molar-refractivity contribution in [1.82, 2.24) is 5.32 Å². The molecule has 0 radical (unpaired) electrons. The van der Waals surface area contributed by atoms with E-state index in [9.17, 15) is 14.4 Å². The van der Waals surface area contributed by atoms with E-state index in [1.165, 1.54) is 6.07 Å². The second-order valence-electron chi connectivity index (χ2n) is 6.51. The lowest BCUT2D eigenvalue weighted by Gasteiger charge is -2.19. The van der Waals surface area contributed by atoms with Gasteiger partial charge >= 0.3 is 6.09 Å². The van der Waals surface area contributed by atoms with Crippen molar-refractivity contribution in [2.24, 2.45) is 0 Å². The van der Waals surface area contributed by atoms with Crippen LogP contribution in [0, 0.1) is 0 Å². The van der Waals surface area contributed by atoms with Gasteiger partial charge in [-0.2, -0.15) is 0 Å². The van der Waals surface area contributed by atoms with Gasteiger partial charge in [-0.1, -0.05) is 12.1 Å². The van der Waals surface area contributed by atoms with Gasteiger partial charge in [0, 0.05) is 0 Å². The molecule has 0 spiro atoms. The highest BCUT2D eigenvalue weighted by atomic mass is 79.9. The van der Waals surface area contributed by atoms with Gasteiger partial charge in [0.05, 0.1) is 11.4 Å². The first kappa shape index (κ1) is 20.5. The van der Waals surface area contributed by atoms with Crippen LogP contribution in [0.25, 0.3) is 0 Å². The van der Waals surface area contributed by atoms with Crippen molar-refractivity contribution in [3.05, 3.63) is 46.8 Å². The zero-order valence-electron chi connectivity index (χ0n) is 15.1. The van der Waals surface area contributed by atoms with Gasteiger partial charge in [-0.15, -0.1) is 0 Å². The van der Waals surface area contributed by atoms with E-state index in [4.69, 9.17) is 9.15 Å². The summed E-state index contributed by atoms with van der Waals surface area (Å²) in [6, 6.07) is 9.79. The summed E-state index contributed by atoms with van der Waals surface area (Å²) < 4.78 is 10.7. The highest BCUT2D eigenvalue weighted by Gasteiger charge is 2.17. The first-order valence-corrected chi connectivity index (χ1v) is 8.86. The van der Waals surface area contributed by atoms with Crippen molar-refractivity contribution in [2.45, 2.75) is 26.4 Å². The van der Waals surface area contributed by atoms with Crippen LogP contribution >= 0.6 is 15.9 Å². The van der Waals surface area contributed by atoms with Gasteiger partial charge in [0.2, 0.25) is 5.91 Å². The van der Waals surface area contributed by atoms with E-state index in [0.717, 1.165) is 0 Å². The fourth-order valence-electron chi connectivity index (χ4n) is 1.98. The van der Waals surface area contributed by atoms with Crippen molar-refractivity contribution in [3.63, 3.8) is 0 Å². The number of furan rings is 1. The number of nitrogens with one attached hydrogen (secondary N) is 3. The molecule has 0 aliphatic carbocycles. The van der Waals surface area contributed by atoms with Gasteiger partial charge in [0.25, 0.3) is 5.91 Å². The van der Waals surface area contributed by atoms with Crippen LogP contribution in [-0.2, 0) is 9.53 Å². The highest BCUT2D eigenvalue weighted by Crippen LogP contribution is 2.22. The smallest absolute Gasteiger partial charge is 0.408 e. The van der Waals surface area contributed by atoms with E-state index < -0.39 is 23.5 Å². The van der Waals surface area contributed by atoms with Gasteiger partial charge < -0.3 is 25.1 Å². The zero-order valence-corrected chi connectivity index (χ0v) is 16.7. The molecule has 0 bridgehead atoms. The van der Waals surface area contributed by atoms with E-state index in [1.54, 1.807) is 51.1 Å². The molecule has 2 rings (SSSR count). The van der Waals surface area contributed by atoms with Gasteiger partial charge in [-0.05, 0) is 61.0 Å². The van der Waals surface area contributed by atoms with Gasteiger partial charge in [-0.25, -0.2) is 4.79 Å². The Bertz CT molecular complexity index is 842. The van der Waals surface area contributed by atoms with Crippen molar-refractivity contribution < 1.29 is 23.5 Å². The molecule has 1 aromatic heterocycles. The highest BCUT2D eigenvalue weighted by molar-refractivity contribution is 9.10. The Morgan fingerprint density at radius 1 is 1.04 bits per heavy atom. The lowest BCUT2D eigenvalue weighted by atomic mass is 10.2. The molecule has 2 aromatic rings. The first-order valence-electron chi connectivity index (χ1n) is 8.06. The molecule has 0 aliphatic heterocycles. The Balaban J connectivity index is 1.96.